The molecule has 1 amide bonds. The van der Waals surface area contributed by atoms with Gasteiger partial charge in [-0.1, -0.05) is 18.2 Å². The molecule has 1 N–H and O–H groups in total. The van der Waals surface area contributed by atoms with Gasteiger partial charge in [0.1, 0.15) is 0 Å². The Hall–Kier alpha value is -3.10. The summed E-state index contributed by atoms with van der Waals surface area (Å²) in [5, 5.41) is 0.881. The molecule has 2 aromatic carbocycles. The number of halogens is 6. The van der Waals surface area contributed by atoms with Crippen LogP contribution in [0.5, 0.6) is 0 Å². The van der Waals surface area contributed by atoms with E-state index in [4.69, 9.17) is 4.18 Å². The number of alkyl halides is 6. The van der Waals surface area contributed by atoms with Crippen LogP contribution in [0.25, 0.3) is 10.9 Å². The molecule has 3 aromatic rings. The predicted octanol–water partition coefficient (Wildman–Crippen LogP) is 4.94. The van der Waals surface area contributed by atoms with Gasteiger partial charge in [-0.2, -0.15) is 34.8 Å². The first-order chi connectivity index (χ1) is 18.6. The lowest BCUT2D eigenvalue weighted by Gasteiger charge is -2.42. The van der Waals surface area contributed by atoms with Gasteiger partial charge in [0, 0.05) is 54.9 Å². The molecule has 0 aliphatic carbocycles. The third-order valence-electron chi connectivity index (χ3n) is 6.71. The molecule has 0 spiro atoms. The van der Waals surface area contributed by atoms with Crippen molar-refractivity contribution in [2.75, 3.05) is 39.0 Å². The minimum atomic E-state index is -5.08. The van der Waals surface area contributed by atoms with Crippen molar-refractivity contribution >= 4 is 26.9 Å². The molecule has 218 valence electrons. The van der Waals surface area contributed by atoms with Crippen molar-refractivity contribution in [1.82, 2.24) is 14.8 Å². The van der Waals surface area contributed by atoms with Gasteiger partial charge in [-0.15, -0.1) is 0 Å². The van der Waals surface area contributed by atoms with Crippen LogP contribution in [0.1, 0.15) is 33.5 Å². The number of piperazine rings is 1. The van der Waals surface area contributed by atoms with Gasteiger partial charge in [0.05, 0.1) is 24.0 Å². The van der Waals surface area contributed by atoms with Crippen molar-refractivity contribution in [3.8, 4) is 0 Å². The summed E-state index contributed by atoms with van der Waals surface area (Å²) in [6, 6.07) is 7.72. The Morgan fingerprint density at radius 2 is 1.68 bits per heavy atom. The van der Waals surface area contributed by atoms with E-state index < -0.39 is 51.1 Å². The molecule has 1 saturated heterocycles. The average molecular weight is 592 g/mol. The van der Waals surface area contributed by atoms with Crippen LogP contribution >= 0.6 is 0 Å². The number of amides is 1. The number of nitrogens with zero attached hydrogens (tertiary/aromatic N) is 2. The second-order valence-corrected chi connectivity index (χ2v) is 11.3. The average Bonchev–Trinajstić information content (AvgIpc) is 3.27. The molecule has 1 fully saturated rings. The van der Waals surface area contributed by atoms with Gasteiger partial charge in [-0.3, -0.25) is 13.9 Å². The normalized spacial score (nSPS) is 17.5. The molecule has 40 heavy (non-hydrogen) atoms. The lowest BCUT2D eigenvalue weighted by molar-refractivity contribution is -0.143. The van der Waals surface area contributed by atoms with E-state index in [-0.39, 0.29) is 32.2 Å². The molecule has 1 aliphatic heterocycles. The number of carbonyl (C=O) groups is 1. The van der Waals surface area contributed by atoms with Gasteiger partial charge in [0.15, 0.2) is 0 Å². The Labute approximate surface area is 226 Å². The third kappa shape index (κ3) is 7.34. The second-order valence-electron chi connectivity index (χ2n) is 9.69. The highest BCUT2D eigenvalue weighted by molar-refractivity contribution is 7.85. The van der Waals surface area contributed by atoms with Gasteiger partial charge >= 0.3 is 12.4 Å². The highest BCUT2D eigenvalue weighted by Gasteiger charge is 2.39. The number of rotatable bonds is 8. The van der Waals surface area contributed by atoms with E-state index >= 15 is 0 Å². The zero-order valence-corrected chi connectivity index (χ0v) is 22.2. The number of hydrogen-bond acceptors (Lipinski definition) is 5. The van der Waals surface area contributed by atoms with Crippen LogP contribution in [0.15, 0.2) is 48.7 Å². The van der Waals surface area contributed by atoms with Gasteiger partial charge in [0.2, 0.25) is 0 Å². The summed E-state index contributed by atoms with van der Waals surface area (Å²) in [5.41, 5.74) is -2.12. The van der Waals surface area contributed by atoms with E-state index in [0.29, 0.717) is 31.6 Å². The number of aromatic amines is 1. The summed E-state index contributed by atoms with van der Waals surface area (Å²) >= 11 is 0. The van der Waals surface area contributed by atoms with Gasteiger partial charge in [-0.25, -0.2) is 0 Å². The number of hydrogen-bond donors (Lipinski definition) is 1. The van der Waals surface area contributed by atoms with Crippen LogP contribution in [0.2, 0.25) is 0 Å². The maximum Gasteiger partial charge on any atom is 0.416 e. The van der Waals surface area contributed by atoms with E-state index in [9.17, 15) is 39.6 Å². The fraction of sp³-hybridized carbons (Fsp3) is 0.423. The molecule has 1 aliphatic rings. The monoisotopic (exact) mass is 591 g/mol. The summed E-state index contributed by atoms with van der Waals surface area (Å²) in [6.07, 6.45) is -6.80. The largest absolute Gasteiger partial charge is 0.416 e. The molecule has 0 unspecified atom stereocenters. The zero-order chi connectivity index (χ0) is 29.3. The Bertz CT molecular complexity index is 1440. The van der Waals surface area contributed by atoms with Gasteiger partial charge in [-0.05, 0) is 42.7 Å². The van der Waals surface area contributed by atoms with Gasteiger partial charge < -0.3 is 9.88 Å². The Morgan fingerprint density at radius 1 is 1.02 bits per heavy atom. The SMILES string of the molecule is CS(=O)(=O)OCCCN1CCN(C(=O)c2cc(C(F)(F)F)cc(C(F)(F)F)c2)[C@H](Cc2c[nH]c3ccccc23)C1. The molecule has 2 heterocycles. The molecule has 0 radical (unpaired) electrons. The molecule has 4 rings (SSSR count). The van der Waals surface area contributed by atoms with Crippen LogP contribution in [0.4, 0.5) is 26.3 Å². The van der Waals surface area contributed by atoms with Crippen LogP contribution in [0, 0.1) is 0 Å². The zero-order valence-electron chi connectivity index (χ0n) is 21.3. The standard InChI is InChI=1S/C26H27F6N3O4S/c1-40(37,38)39-10-4-7-34-8-9-35(21(16-34)13-18-15-33-23-6-3-2-5-22(18)23)24(36)17-11-19(25(27,28)29)14-20(12-17)26(30,31)32/h2-3,5-6,11-12,14-15,21,33H,4,7-10,13,16H2,1H3/t21-/m1/s1. The van der Waals surface area contributed by atoms with Crippen molar-refractivity contribution in [1.29, 1.82) is 0 Å². The quantitative estimate of drug-likeness (QED) is 0.228. The molecule has 1 atom stereocenters. The smallest absolute Gasteiger partial charge is 0.361 e. The fourth-order valence-electron chi connectivity index (χ4n) is 4.86. The highest BCUT2D eigenvalue weighted by Crippen LogP contribution is 2.37. The van der Waals surface area contributed by atoms with Gasteiger partial charge in [0.25, 0.3) is 16.0 Å². The number of benzene rings is 2. The molecule has 0 saturated carbocycles. The number of carbonyl (C=O) groups excluding carboxylic acids is 1. The maximum absolute atomic E-state index is 13.5. The predicted molar refractivity (Wildman–Crippen MR) is 135 cm³/mol. The molecule has 0 bridgehead atoms. The van der Waals surface area contributed by atoms with Crippen LogP contribution in [-0.4, -0.2) is 74.2 Å². The lowest BCUT2D eigenvalue weighted by Crippen LogP contribution is -2.56. The topological polar surface area (TPSA) is 82.7 Å². The summed E-state index contributed by atoms with van der Waals surface area (Å²) in [5.74, 6) is -0.929. The lowest BCUT2D eigenvalue weighted by atomic mass is 9.98. The molecule has 1 aromatic heterocycles. The first kappa shape index (κ1) is 29.9. The number of H-pyrrole nitrogens is 1. The minimum absolute atomic E-state index is 0.00326. The number of fused-ring (bicyclic) bond motifs is 1. The van der Waals surface area contributed by atoms with Crippen LogP contribution in [0.3, 0.4) is 0 Å². The van der Waals surface area contributed by atoms with E-state index in [1.165, 1.54) is 4.90 Å². The summed E-state index contributed by atoms with van der Waals surface area (Å²) in [6.45, 7) is 0.991. The van der Waals surface area contributed by atoms with E-state index in [1.807, 2.05) is 29.2 Å². The van der Waals surface area contributed by atoms with E-state index in [0.717, 1.165) is 22.7 Å². The van der Waals surface area contributed by atoms with Crippen molar-refractivity contribution in [3.05, 3.63) is 70.9 Å². The van der Waals surface area contributed by atoms with Crippen molar-refractivity contribution in [2.24, 2.45) is 0 Å². The maximum atomic E-state index is 13.5. The van der Waals surface area contributed by atoms with Crippen LogP contribution < -0.4 is 0 Å². The van der Waals surface area contributed by atoms with Crippen LogP contribution in [-0.2, 0) is 33.1 Å². The first-order valence-corrected chi connectivity index (χ1v) is 14.2. The van der Waals surface area contributed by atoms with Crippen molar-refractivity contribution < 1.29 is 43.7 Å². The molecular weight excluding hydrogens is 564 g/mol. The summed E-state index contributed by atoms with van der Waals surface area (Å²) in [7, 11) is -3.61. The second kappa shape index (κ2) is 11.4. The third-order valence-corrected chi connectivity index (χ3v) is 7.30. The molecule has 7 nitrogen and oxygen atoms in total. The molecular formula is C26H27F6N3O4S. The number of para-hydroxylation sites is 1. The van der Waals surface area contributed by atoms with Crippen molar-refractivity contribution in [3.63, 3.8) is 0 Å². The number of aromatic nitrogens is 1. The van der Waals surface area contributed by atoms with E-state index in [2.05, 4.69) is 4.98 Å². The van der Waals surface area contributed by atoms with E-state index in [1.54, 1.807) is 6.20 Å². The Kier molecular flexibility index (Phi) is 8.52. The Balaban J connectivity index is 1.62. The highest BCUT2D eigenvalue weighted by atomic mass is 32.2. The fourth-order valence-corrected chi connectivity index (χ4v) is 5.28. The van der Waals surface area contributed by atoms with Crippen molar-refractivity contribution in [2.45, 2.75) is 31.2 Å². The number of nitrogens with one attached hydrogen (secondary N) is 1. The summed E-state index contributed by atoms with van der Waals surface area (Å²) in [4.78, 5) is 19.9. The minimum Gasteiger partial charge on any atom is -0.361 e. The Morgan fingerprint density at radius 3 is 2.30 bits per heavy atom. The first-order valence-electron chi connectivity index (χ1n) is 12.3. The summed E-state index contributed by atoms with van der Waals surface area (Å²) < 4.78 is 108. The molecule has 14 heteroatoms.